The molecule has 0 saturated carbocycles. The lowest BCUT2D eigenvalue weighted by Crippen LogP contribution is -2.21. The van der Waals surface area contributed by atoms with Crippen LogP contribution in [0.2, 0.25) is 10.0 Å². The lowest BCUT2D eigenvalue weighted by Gasteiger charge is -2.19. The molecule has 0 amide bonds. The Morgan fingerprint density at radius 2 is 2.05 bits per heavy atom. The summed E-state index contributed by atoms with van der Waals surface area (Å²) in [7, 11) is 5.38. The molecular weight excluding hydrogens is 285 g/mol. The maximum Gasteiger partial charge on any atom is 0.161 e. The molecule has 0 bridgehead atoms. The number of benzene rings is 1. The van der Waals surface area contributed by atoms with E-state index >= 15 is 0 Å². The molecule has 2 aromatic rings. The van der Waals surface area contributed by atoms with Crippen molar-refractivity contribution in [1.82, 2.24) is 15.1 Å². The lowest BCUT2D eigenvalue weighted by atomic mass is 10.0. The Bertz CT molecular complexity index is 583. The van der Waals surface area contributed by atoms with Gasteiger partial charge in [-0.05, 0) is 24.7 Å². The van der Waals surface area contributed by atoms with Gasteiger partial charge in [0.05, 0.1) is 29.4 Å². The predicted octanol–water partition coefficient (Wildman–Crippen LogP) is 3.04. The average Bonchev–Trinajstić information content (AvgIpc) is 2.76. The van der Waals surface area contributed by atoms with Crippen LogP contribution in [0.1, 0.15) is 17.3 Å². The third kappa shape index (κ3) is 2.71. The van der Waals surface area contributed by atoms with Crippen LogP contribution in [-0.2, 0) is 7.05 Å². The molecule has 0 radical (unpaired) electrons. The largest absolute Gasteiger partial charge is 0.493 e. The first-order chi connectivity index (χ1) is 9.08. The molecule has 1 unspecified atom stereocenters. The van der Waals surface area contributed by atoms with Gasteiger partial charge >= 0.3 is 0 Å². The first kappa shape index (κ1) is 14.2. The van der Waals surface area contributed by atoms with Gasteiger partial charge < -0.3 is 10.1 Å². The normalized spacial score (nSPS) is 12.5. The van der Waals surface area contributed by atoms with Crippen LogP contribution in [0, 0.1) is 0 Å². The molecule has 0 aliphatic heterocycles. The number of hydrogen-bond acceptors (Lipinski definition) is 3. The second-order valence-electron chi connectivity index (χ2n) is 4.12. The Balaban J connectivity index is 2.49. The predicted molar refractivity (Wildman–Crippen MR) is 77.1 cm³/mol. The van der Waals surface area contributed by atoms with Crippen molar-refractivity contribution in [2.45, 2.75) is 6.04 Å². The Morgan fingerprint density at radius 1 is 1.32 bits per heavy atom. The van der Waals surface area contributed by atoms with Crippen LogP contribution in [0.3, 0.4) is 0 Å². The second kappa shape index (κ2) is 5.82. The second-order valence-corrected chi connectivity index (χ2v) is 4.93. The van der Waals surface area contributed by atoms with E-state index in [0.29, 0.717) is 10.0 Å². The first-order valence-electron chi connectivity index (χ1n) is 5.76. The van der Waals surface area contributed by atoms with Crippen molar-refractivity contribution in [3.63, 3.8) is 0 Å². The third-order valence-electron chi connectivity index (χ3n) is 3.01. The summed E-state index contributed by atoms with van der Waals surface area (Å²) in [5.74, 6) is 0.730. The molecule has 0 saturated heterocycles. The van der Waals surface area contributed by atoms with Gasteiger partial charge in [0, 0.05) is 7.05 Å². The molecule has 1 aromatic heterocycles. The van der Waals surface area contributed by atoms with Crippen molar-refractivity contribution < 1.29 is 4.74 Å². The van der Waals surface area contributed by atoms with E-state index in [-0.39, 0.29) is 6.04 Å². The number of halogens is 2. The Labute approximate surface area is 122 Å². The van der Waals surface area contributed by atoms with Gasteiger partial charge in [-0.1, -0.05) is 29.3 Å². The minimum atomic E-state index is -0.0720. The van der Waals surface area contributed by atoms with E-state index in [1.165, 1.54) is 0 Å². The molecule has 0 aliphatic rings. The van der Waals surface area contributed by atoms with E-state index in [4.69, 9.17) is 27.9 Å². The van der Waals surface area contributed by atoms with E-state index in [1.54, 1.807) is 24.1 Å². The van der Waals surface area contributed by atoms with Crippen molar-refractivity contribution in [2.75, 3.05) is 14.2 Å². The van der Waals surface area contributed by atoms with Gasteiger partial charge in [0.15, 0.2) is 5.75 Å². The third-order valence-corrected chi connectivity index (χ3v) is 3.75. The van der Waals surface area contributed by atoms with Crippen molar-refractivity contribution in [2.24, 2.45) is 7.05 Å². The zero-order valence-corrected chi connectivity index (χ0v) is 12.5. The zero-order valence-electron chi connectivity index (χ0n) is 10.9. The molecule has 6 heteroatoms. The summed E-state index contributed by atoms with van der Waals surface area (Å²) in [6.45, 7) is 0. The number of aromatic nitrogens is 2. The standard InChI is InChI=1S/C13H15Cl2N3O/c1-16-12(8-4-5-9(14)10(15)6-8)13-11(19-3)7-17-18(13)2/h4-7,12,16H,1-3H3. The number of methoxy groups -OCH3 is 1. The summed E-state index contributed by atoms with van der Waals surface area (Å²) in [5, 5.41) is 8.52. The number of nitrogens with one attached hydrogen (secondary N) is 1. The molecule has 1 N–H and O–H groups in total. The topological polar surface area (TPSA) is 39.1 Å². The van der Waals surface area contributed by atoms with E-state index < -0.39 is 0 Å². The fourth-order valence-electron chi connectivity index (χ4n) is 2.07. The molecule has 0 fully saturated rings. The van der Waals surface area contributed by atoms with Crippen LogP contribution in [-0.4, -0.2) is 23.9 Å². The molecule has 1 atom stereocenters. The van der Waals surface area contributed by atoms with Gasteiger partial charge in [-0.3, -0.25) is 4.68 Å². The van der Waals surface area contributed by atoms with E-state index in [2.05, 4.69) is 10.4 Å². The highest BCUT2D eigenvalue weighted by atomic mass is 35.5. The summed E-state index contributed by atoms with van der Waals surface area (Å²) in [5.41, 5.74) is 1.93. The summed E-state index contributed by atoms with van der Waals surface area (Å²) >= 11 is 12.0. The van der Waals surface area contributed by atoms with Gasteiger partial charge in [-0.2, -0.15) is 5.10 Å². The summed E-state index contributed by atoms with van der Waals surface area (Å²) in [4.78, 5) is 0. The molecular formula is C13H15Cl2N3O. The van der Waals surface area contributed by atoms with Gasteiger partial charge in [0.1, 0.15) is 5.69 Å². The number of nitrogens with zero attached hydrogens (tertiary/aromatic N) is 2. The number of rotatable bonds is 4. The zero-order chi connectivity index (χ0) is 14.0. The quantitative estimate of drug-likeness (QED) is 0.943. The van der Waals surface area contributed by atoms with E-state index in [9.17, 15) is 0 Å². The lowest BCUT2D eigenvalue weighted by molar-refractivity contribution is 0.402. The van der Waals surface area contributed by atoms with Crippen LogP contribution in [0.5, 0.6) is 5.75 Å². The summed E-state index contributed by atoms with van der Waals surface area (Å²) < 4.78 is 7.12. The average molecular weight is 300 g/mol. The molecule has 4 nitrogen and oxygen atoms in total. The monoisotopic (exact) mass is 299 g/mol. The van der Waals surface area contributed by atoms with Crippen molar-refractivity contribution in [3.05, 3.63) is 45.7 Å². The van der Waals surface area contributed by atoms with Crippen LogP contribution in [0.15, 0.2) is 24.4 Å². The Morgan fingerprint density at radius 3 is 2.63 bits per heavy atom. The van der Waals surface area contributed by atoms with Crippen molar-refractivity contribution in [1.29, 1.82) is 0 Å². The fraction of sp³-hybridized carbons (Fsp3) is 0.308. The SMILES string of the molecule is CNC(c1ccc(Cl)c(Cl)c1)c1c(OC)cnn1C. The van der Waals surface area contributed by atoms with Gasteiger partial charge in [-0.25, -0.2) is 0 Å². The first-order valence-corrected chi connectivity index (χ1v) is 6.52. The fourth-order valence-corrected chi connectivity index (χ4v) is 2.37. The van der Waals surface area contributed by atoms with Gasteiger partial charge in [0.2, 0.25) is 0 Å². The van der Waals surface area contributed by atoms with Crippen LogP contribution in [0.25, 0.3) is 0 Å². The molecule has 19 heavy (non-hydrogen) atoms. The number of aryl methyl sites for hydroxylation is 1. The Kier molecular flexibility index (Phi) is 4.34. The number of ether oxygens (including phenoxy) is 1. The van der Waals surface area contributed by atoms with Crippen LogP contribution in [0.4, 0.5) is 0 Å². The van der Waals surface area contributed by atoms with E-state index in [1.807, 2.05) is 26.2 Å². The highest BCUT2D eigenvalue weighted by Gasteiger charge is 2.21. The highest BCUT2D eigenvalue weighted by molar-refractivity contribution is 6.42. The molecule has 0 spiro atoms. The molecule has 0 aliphatic carbocycles. The smallest absolute Gasteiger partial charge is 0.161 e. The molecule has 102 valence electrons. The number of hydrogen-bond donors (Lipinski definition) is 1. The summed E-state index contributed by atoms with van der Waals surface area (Å²) in [6, 6.07) is 5.49. The molecule has 2 rings (SSSR count). The minimum absolute atomic E-state index is 0.0720. The van der Waals surface area contributed by atoms with Crippen molar-refractivity contribution >= 4 is 23.2 Å². The van der Waals surface area contributed by atoms with Gasteiger partial charge in [-0.15, -0.1) is 0 Å². The molecule has 1 aromatic carbocycles. The van der Waals surface area contributed by atoms with E-state index in [0.717, 1.165) is 17.0 Å². The van der Waals surface area contributed by atoms with Crippen molar-refractivity contribution in [3.8, 4) is 5.75 Å². The maximum absolute atomic E-state index is 6.08. The van der Waals surface area contributed by atoms with Crippen LogP contribution >= 0.6 is 23.2 Å². The van der Waals surface area contributed by atoms with Crippen LogP contribution < -0.4 is 10.1 Å². The highest BCUT2D eigenvalue weighted by Crippen LogP contribution is 2.32. The van der Waals surface area contributed by atoms with Gasteiger partial charge in [0.25, 0.3) is 0 Å². The maximum atomic E-state index is 6.08. The minimum Gasteiger partial charge on any atom is -0.493 e. The summed E-state index contributed by atoms with van der Waals surface area (Å²) in [6.07, 6.45) is 1.69. The Hall–Kier alpha value is -1.23. The molecule has 1 heterocycles.